The number of piperidine rings is 1. The normalized spacial score (nSPS) is 20.2. The molecule has 0 bridgehead atoms. The zero-order valence-corrected chi connectivity index (χ0v) is 11.6. The molecule has 0 spiro atoms. The lowest BCUT2D eigenvalue weighted by molar-refractivity contribution is 0.0893. The molecule has 100 valence electrons. The van der Waals surface area contributed by atoms with Crippen LogP contribution in [0.3, 0.4) is 0 Å². The fraction of sp³-hybridized carbons (Fsp3) is 0.571. The Kier molecular flexibility index (Phi) is 4.87. The molecule has 1 aliphatic rings. The molecule has 1 aromatic carbocycles. The van der Waals surface area contributed by atoms with E-state index in [0.717, 1.165) is 31.0 Å². The Bertz CT molecular complexity index is 397. The molecule has 1 atom stereocenters. The van der Waals surface area contributed by atoms with Gasteiger partial charge in [0.05, 0.1) is 6.10 Å². The number of anilines is 1. The zero-order chi connectivity index (χ0) is 13.0. The molecule has 1 saturated heterocycles. The fourth-order valence-corrected chi connectivity index (χ4v) is 2.76. The Labute approximate surface area is 114 Å². The van der Waals surface area contributed by atoms with Gasteiger partial charge in [-0.1, -0.05) is 11.6 Å². The maximum Gasteiger partial charge on any atom is 0.0746 e. The maximum absolute atomic E-state index is 6.06. The van der Waals surface area contributed by atoms with Crippen molar-refractivity contribution >= 4 is 17.3 Å². The van der Waals surface area contributed by atoms with Crippen LogP contribution in [0.15, 0.2) is 18.2 Å². The first-order valence-corrected chi connectivity index (χ1v) is 6.88. The summed E-state index contributed by atoms with van der Waals surface area (Å²) in [4.78, 5) is 2.39. The standard InChI is InChI=1S/C14H21ClN2O/c1-18-13-3-2-8-17(10-13)14-5-4-12(15)9-11(14)6-7-16/h4-5,9,13H,2-3,6-8,10,16H2,1H3. The Morgan fingerprint density at radius 1 is 1.50 bits per heavy atom. The minimum Gasteiger partial charge on any atom is -0.380 e. The van der Waals surface area contributed by atoms with E-state index in [0.29, 0.717) is 12.6 Å². The summed E-state index contributed by atoms with van der Waals surface area (Å²) in [5.41, 5.74) is 8.17. The van der Waals surface area contributed by atoms with E-state index in [1.165, 1.54) is 17.7 Å². The summed E-state index contributed by atoms with van der Waals surface area (Å²) >= 11 is 6.06. The number of methoxy groups -OCH3 is 1. The van der Waals surface area contributed by atoms with Crippen molar-refractivity contribution in [2.45, 2.75) is 25.4 Å². The summed E-state index contributed by atoms with van der Waals surface area (Å²) in [6.45, 7) is 2.68. The number of nitrogens with two attached hydrogens (primary N) is 1. The fourth-order valence-electron chi connectivity index (χ4n) is 2.57. The van der Waals surface area contributed by atoms with E-state index >= 15 is 0 Å². The summed E-state index contributed by atoms with van der Waals surface area (Å²) in [5, 5.41) is 0.780. The van der Waals surface area contributed by atoms with Crippen LogP contribution in [0.2, 0.25) is 5.02 Å². The third-order valence-corrected chi connectivity index (χ3v) is 3.74. The highest BCUT2D eigenvalue weighted by Gasteiger charge is 2.21. The van der Waals surface area contributed by atoms with Crippen molar-refractivity contribution in [3.05, 3.63) is 28.8 Å². The van der Waals surface area contributed by atoms with Crippen LogP contribution in [-0.4, -0.2) is 32.8 Å². The van der Waals surface area contributed by atoms with E-state index in [9.17, 15) is 0 Å². The second kappa shape index (κ2) is 6.41. The molecule has 4 heteroatoms. The molecular formula is C14H21ClN2O. The monoisotopic (exact) mass is 268 g/mol. The highest BCUT2D eigenvalue weighted by molar-refractivity contribution is 6.30. The van der Waals surface area contributed by atoms with Crippen LogP contribution in [0.1, 0.15) is 18.4 Å². The Balaban J connectivity index is 2.20. The van der Waals surface area contributed by atoms with Crippen LogP contribution >= 0.6 is 11.6 Å². The van der Waals surface area contributed by atoms with Crippen LogP contribution in [0.5, 0.6) is 0 Å². The van der Waals surface area contributed by atoms with Gasteiger partial charge >= 0.3 is 0 Å². The SMILES string of the molecule is COC1CCCN(c2ccc(Cl)cc2CCN)C1. The maximum atomic E-state index is 6.06. The first kappa shape index (κ1) is 13.7. The van der Waals surface area contributed by atoms with Gasteiger partial charge < -0.3 is 15.4 Å². The molecule has 2 rings (SSSR count). The smallest absolute Gasteiger partial charge is 0.0746 e. The summed E-state index contributed by atoms with van der Waals surface area (Å²) in [7, 11) is 1.79. The van der Waals surface area contributed by atoms with E-state index in [-0.39, 0.29) is 0 Å². The molecule has 0 amide bonds. The van der Waals surface area contributed by atoms with Crippen LogP contribution in [-0.2, 0) is 11.2 Å². The molecule has 1 aliphatic heterocycles. The van der Waals surface area contributed by atoms with Crippen LogP contribution in [0.4, 0.5) is 5.69 Å². The van der Waals surface area contributed by atoms with E-state index in [4.69, 9.17) is 22.1 Å². The second-order valence-corrected chi connectivity index (χ2v) is 5.19. The minimum absolute atomic E-state index is 0.333. The third kappa shape index (κ3) is 3.16. The van der Waals surface area contributed by atoms with Crippen LogP contribution in [0, 0.1) is 0 Å². The Morgan fingerprint density at radius 3 is 3.06 bits per heavy atom. The largest absolute Gasteiger partial charge is 0.380 e. The van der Waals surface area contributed by atoms with Gasteiger partial charge in [-0.2, -0.15) is 0 Å². The van der Waals surface area contributed by atoms with Crippen molar-refractivity contribution in [3.63, 3.8) is 0 Å². The van der Waals surface area contributed by atoms with Gasteiger partial charge in [0.25, 0.3) is 0 Å². The first-order chi connectivity index (χ1) is 8.74. The number of benzene rings is 1. The summed E-state index contributed by atoms with van der Waals surface area (Å²) < 4.78 is 5.47. The Hall–Kier alpha value is -0.770. The van der Waals surface area contributed by atoms with Crippen LogP contribution < -0.4 is 10.6 Å². The van der Waals surface area contributed by atoms with Gasteiger partial charge in [-0.05, 0) is 49.6 Å². The van der Waals surface area contributed by atoms with Gasteiger partial charge in [-0.25, -0.2) is 0 Å². The van der Waals surface area contributed by atoms with Gasteiger partial charge in [-0.15, -0.1) is 0 Å². The molecule has 0 aliphatic carbocycles. The lowest BCUT2D eigenvalue weighted by atomic mass is 10.0. The van der Waals surface area contributed by atoms with Crippen molar-refractivity contribution in [3.8, 4) is 0 Å². The average Bonchev–Trinajstić information content (AvgIpc) is 2.39. The number of nitrogens with zero attached hydrogens (tertiary/aromatic N) is 1. The van der Waals surface area contributed by atoms with Crippen molar-refractivity contribution in [1.82, 2.24) is 0 Å². The van der Waals surface area contributed by atoms with Crippen molar-refractivity contribution in [1.29, 1.82) is 0 Å². The Morgan fingerprint density at radius 2 is 2.33 bits per heavy atom. The second-order valence-electron chi connectivity index (χ2n) is 4.76. The number of ether oxygens (including phenoxy) is 1. The number of hydrogen-bond acceptors (Lipinski definition) is 3. The van der Waals surface area contributed by atoms with Gasteiger partial charge in [0.15, 0.2) is 0 Å². The van der Waals surface area contributed by atoms with Gasteiger partial charge in [0.1, 0.15) is 0 Å². The van der Waals surface area contributed by atoms with Crippen LogP contribution in [0.25, 0.3) is 0 Å². The third-order valence-electron chi connectivity index (χ3n) is 3.51. The molecule has 2 N–H and O–H groups in total. The molecule has 0 aromatic heterocycles. The quantitative estimate of drug-likeness (QED) is 0.912. The van der Waals surface area contributed by atoms with Crippen molar-refractivity contribution < 1.29 is 4.74 Å². The summed E-state index contributed by atoms with van der Waals surface area (Å²) in [6.07, 6.45) is 3.51. The molecule has 3 nitrogen and oxygen atoms in total. The van der Waals surface area contributed by atoms with Gasteiger partial charge in [-0.3, -0.25) is 0 Å². The number of rotatable bonds is 4. The zero-order valence-electron chi connectivity index (χ0n) is 10.9. The van der Waals surface area contributed by atoms with Crippen molar-refractivity contribution in [2.24, 2.45) is 5.73 Å². The number of hydrogen-bond donors (Lipinski definition) is 1. The topological polar surface area (TPSA) is 38.5 Å². The molecule has 1 fully saturated rings. The lowest BCUT2D eigenvalue weighted by Gasteiger charge is -2.35. The summed E-state index contributed by atoms with van der Waals surface area (Å²) in [5.74, 6) is 0. The first-order valence-electron chi connectivity index (χ1n) is 6.51. The molecule has 0 radical (unpaired) electrons. The van der Waals surface area contributed by atoms with E-state index in [1.807, 2.05) is 12.1 Å². The van der Waals surface area contributed by atoms with E-state index in [1.54, 1.807) is 7.11 Å². The highest BCUT2D eigenvalue weighted by Crippen LogP contribution is 2.27. The molecule has 1 heterocycles. The molecular weight excluding hydrogens is 248 g/mol. The predicted molar refractivity (Wildman–Crippen MR) is 76.5 cm³/mol. The molecule has 0 saturated carbocycles. The highest BCUT2D eigenvalue weighted by atomic mass is 35.5. The minimum atomic E-state index is 0.333. The van der Waals surface area contributed by atoms with Gasteiger partial charge in [0, 0.05) is 30.9 Å². The van der Waals surface area contributed by atoms with E-state index < -0.39 is 0 Å². The molecule has 18 heavy (non-hydrogen) atoms. The average molecular weight is 269 g/mol. The van der Waals surface area contributed by atoms with Crippen molar-refractivity contribution in [2.75, 3.05) is 31.6 Å². The lowest BCUT2D eigenvalue weighted by Crippen LogP contribution is -2.39. The molecule has 1 unspecified atom stereocenters. The predicted octanol–water partition coefficient (Wildman–Crippen LogP) is 2.46. The van der Waals surface area contributed by atoms with Gasteiger partial charge in [0.2, 0.25) is 0 Å². The summed E-state index contributed by atoms with van der Waals surface area (Å²) in [6, 6.07) is 6.08. The van der Waals surface area contributed by atoms with E-state index in [2.05, 4.69) is 11.0 Å². The number of halogens is 1. The molecule has 1 aromatic rings.